The van der Waals surface area contributed by atoms with E-state index < -0.39 is 29.9 Å². The molecule has 6 unspecified atom stereocenters. The van der Waals surface area contributed by atoms with Crippen LogP contribution >= 0.6 is 0 Å². The van der Waals surface area contributed by atoms with Crippen LogP contribution in [0.25, 0.3) is 0 Å². The van der Waals surface area contributed by atoms with Crippen molar-refractivity contribution in [2.45, 2.75) is 76.8 Å². The van der Waals surface area contributed by atoms with Gasteiger partial charge in [-0.15, -0.1) is 0 Å². The first-order chi connectivity index (χ1) is 14.6. The van der Waals surface area contributed by atoms with Gasteiger partial charge >= 0.3 is 6.09 Å². The Labute approximate surface area is 185 Å². The lowest BCUT2D eigenvalue weighted by Gasteiger charge is -2.41. The second-order valence-electron chi connectivity index (χ2n) is 9.79. The van der Waals surface area contributed by atoms with Crippen LogP contribution in [-0.2, 0) is 20.7 Å². The van der Waals surface area contributed by atoms with Gasteiger partial charge in [0.2, 0.25) is 5.91 Å². The average molecular weight is 433 g/mol. The van der Waals surface area contributed by atoms with E-state index in [0.717, 1.165) is 18.4 Å². The molecule has 1 saturated heterocycles. The number of carbonyl (C=O) groups is 2. The largest absolute Gasteiger partial charge is 0.444 e. The third-order valence-electron chi connectivity index (χ3n) is 6.37. The van der Waals surface area contributed by atoms with Crippen molar-refractivity contribution in [3.63, 3.8) is 0 Å². The van der Waals surface area contributed by atoms with E-state index in [1.807, 2.05) is 51.1 Å². The molecular weight excluding hydrogens is 396 g/mol. The van der Waals surface area contributed by atoms with Gasteiger partial charge in [0.05, 0.1) is 24.8 Å². The fourth-order valence-corrected chi connectivity index (χ4v) is 5.31. The lowest BCUT2D eigenvalue weighted by Crippen LogP contribution is -2.58. The number of hydrogen-bond acceptors (Lipinski definition) is 5. The summed E-state index contributed by atoms with van der Waals surface area (Å²) >= 11 is 0. The molecule has 7 nitrogen and oxygen atoms in total. The number of fused-ring (bicyclic) bond motifs is 2. The third-order valence-corrected chi connectivity index (χ3v) is 6.37. The van der Waals surface area contributed by atoms with Gasteiger partial charge in [-0.1, -0.05) is 30.3 Å². The highest BCUT2D eigenvalue weighted by molar-refractivity contribution is 5.73. The fraction of sp³-hybridized carbons (Fsp3) is 0.667. The van der Waals surface area contributed by atoms with Crippen molar-refractivity contribution in [1.82, 2.24) is 10.2 Å². The minimum absolute atomic E-state index is 0.0332. The van der Waals surface area contributed by atoms with Crippen LogP contribution in [0.3, 0.4) is 0 Å². The first-order valence-electron chi connectivity index (χ1n) is 11.1. The number of amides is 2. The van der Waals surface area contributed by atoms with E-state index in [2.05, 4.69) is 5.32 Å². The van der Waals surface area contributed by atoms with Crippen molar-refractivity contribution >= 4 is 12.0 Å². The quantitative estimate of drug-likeness (QED) is 0.692. The number of piperidine rings is 1. The third kappa shape index (κ3) is 5.39. The number of nitrogens with zero attached hydrogens (tertiary/aromatic N) is 1. The summed E-state index contributed by atoms with van der Waals surface area (Å²) < 4.78 is 11.2. The Morgan fingerprint density at radius 2 is 1.90 bits per heavy atom. The number of aliphatic hydroxyl groups excluding tert-OH is 1. The highest BCUT2D eigenvalue weighted by Crippen LogP contribution is 2.49. The maximum absolute atomic E-state index is 13.2. The Morgan fingerprint density at radius 1 is 1.23 bits per heavy atom. The molecule has 3 rings (SSSR count). The smallest absolute Gasteiger partial charge is 0.410 e. The van der Waals surface area contributed by atoms with Crippen LogP contribution in [0.2, 0.25) is 0 Å². The molecule has 31 heavy (non-hydrogen) atoms. The van der Waals surface area contributed by atoms with E-state index in [-0.39, 0.29) is 23.8 Å². The molecule has 1 saturated carbocycles. The Kier molecular flexibility index (Phi) is 7.27. The Hall–Kier alpha value is -2.12. The summed E-state index contributed by atoms with van der Waals surface area (Å²) in [5, 5.41) is 14.5. The molecule has 2 aliphatic rings. The number of methoxy groups -OCH3 is 1. The van der Waals surface area contributed by atoms with E-state index >= 15 is 0 Å². The SMILES string of the molecule is COCC1C2CCC1N(C(=O)OC(C)(C)C)C2C(O)C(Cc1ccccc1)NC(C)=O. The predicted molar refractivity (Wildman–Crippen MR) is 117 cm³/mol. The number of ether oxygens (including phenoxy) is 2. The predicted octanol–water partition coefficient (Wildman–Crippen LogP) is 2.76. The van der Waals surface area contributed by atoms with Gasteiger partial charge in [0.25, 0.3) is 0 Å². The molecule has 2 amide bonds. The normalized spacial score (nSPS) is 27.1. The van der Waals surface area contributed by atoms with Crippen LogP contribution in [0.5, 0.6) is 0 Å². The molecule has 1 aromatic carbocycles. The summed E-state index contributed by atoms with van der Waals surface area (Å²) in [6.07, 6.45) is 0.923. The summed E-state index contributed by atoms with van der Waals surface area (Å²) in [7, 11) is 1.66. The fourth-order valence-electron chi connectivity index (χ4n) is 5.31. The van der Waals surface area contributed by atoms with Crippen LogP contribution < -0.4 is 5.32 Å². The molecule has 2 fully saturated rings. The molecule has 0 aromatic heterocycles. The molecule has 0 radical (unpaired) electrons. The summed E-state index contributed by atoms with van der Waals surface area (Å²) in [5.74, 6) is 0.0340. The number of benzene rings is 1. The minimum atomic E-state index is -0.925. The van der Waals surface area contributed by atoms with Crippen molar-refractivity contribution in [2.24, 2.45) is 11.8 Å². The van der Waals surface area contributed by atoms with Crippen LogP contribution in [0, 0.1) is 11.8 Å². The molecule has 1 aliphatic carbocycles. The highest BCUT2D eigenvalue weighted by atomic mass is 16.6. The van der Waals surface area contributed by atoms with E-state index in [4.69, 9.17) is 9.47 Å². The van der Waals surface area contributed by atoms with Crippen LogP contribution in [0.15, 0.2) is 30.3 Å². The molecule has 1 aliphatic heterocycles. The van der Waals surface area contributed by atoms with Crippen molar-refractivity contribution in [2.75, 3.05) is 13.7 Å². The molecule has 0 spiro atoms. The van der Waals surface area contributed by atoms with Gasteiger partial charge in [-0.05, 0) is 51.5 Å². The second kappa shape index (κ2) is 9.57. The van der Waals surface area contributed by atoms with E-state index in [1.165, 1.54) is 6.92 Å². The molecule has 7 heteroatoms. The maximum Gasteiger partial charge on any atom is 0.410 e. The monoisotopic (exact) mass is 432 g/mol. The summed E-state index contributed by atoms with van der Waals surface area (Å²) in [4.78, 5) is 26.9. The van der Waals surface area contributed by atoms with E-state index in [0.29, 0.717) is 13.0 Å². The Balaban J connectivity index is 1.90. The van der Waals surface area contributed by atoms with Gasteiger partial charge in [0.1, 0.15) is 5.60 Å². The number of carbonyl (C=O) groups excluding carboxylic acids is 2. The zero-order chi connectivity index (χ0) is 22.8. The number of hydrogen-bond donors (Lipinski definition) is 2. The number of likely N-dealkylation sites (tertiary alicyclic amines) is 1. The lowest BCUT2D eigenvalue weighted by molar-refractivity contribution is -0.121. The lowest BCUT2D eigenvalue weighted by atomic mass is 9.85. The number of aliphatic hydroxyl groups is 1. The van der Waals surface area contributed by atoms with Gasteiger partial charge in [0, 0.05) is 26.0 Å². The summed E-state index contributed by atoms with van der Waals surface area (Å²) in [5.41, 5.74) is 0.382. The van der Waals surface area contributed by atoms with Crippen molar-refractivity contribution in [3.05, 3.63) is 35.9 Å². The van der Waals surface area contributed by atoms with Crippen LogP contribution in [-0.4, -0.2) is 65.6 Å². The minimum Gasteiger partial charge on any atom is -0.444 e. The Morgan fingerprint density at radius 3 is 2.48 bits per heavy atom. The molecule has 6 atom stereocenters. The van der Waals surface area contributed by atoms with Gasteiger partial charge in [-0.2, -0.15) is 0 Å². The zero-order valence-corrected chi connectivity index (χ0v) is 19.2. The van der Waals surface area contributed by atoms with Gasteiger partial charge < -0.3 is 19.9 Å². The summed E-state index contributed by atoms with van der Waals surface area (Å²) in [6, 6.07) is 8.77. The molecular formula is C24H36N2O5. The maximum atomic E-state index is 13.2. The summed E-state index contributed by atoms with van der Waals surface area (Å²) in [6.45, 7) is 7.50. The highest BCUT2D eigenvalue weighted by Gasteiger charge is 2.58. The first-order valence-corrected chi connectivity index (χ1v) is 11.1. The van der Waals surface area contributed by atoms with E-state index in [1.54, 1.807) is 12.0 Å². The molecule has 1 aromatic rings. The molecule has 2 N–H and O–H groups in total. The van der Waals surface area contributed by atoms with Gasteiger partial charge in [0.15, 0.2) is 0 Å². The first kappa shape index (κ1) is 23.5. The van der Waals surface area contributed by atoms with Crippen molar-refractivity contribution < 1.29 is 24.2 Å². The second-order valence-corrected chi connectivity index (χ2v) is 9.79. The molecule has 1 heterocycles. The number of nitrogens with one attached hydrogen (secondary N) is 1. The topological polar surface area (TPSA) is 88.1 Å². The Bertz CT molecular complexity index is 763. The van der Waals surface area contributed by atoms with Crippen molar-refractivity contribution in [1.29, 1.82) is 0 Å². The molecule has 2 bridgehead atoms. The average Bonchev–Trinajstić information content (AvgIpc) is 3.21. The van der Waals surface area contributed by atoms with Crippen molar-refractivity contribution in [3.8, 4) is 0 Å². The van der Waals surface area contributed by atoms with Crippen LogP contribution in [0.4, 0.5) is 4.79 Å². The van der Waals surface area contributed by atoms with Gasteiger partial charge in [-0.25, -0.2) is 4.79 Å². The number of rotatable bonds is 7. The molecule has 172 valence electrons. The standard InChI is InChI=1S/C24H36N2O5/c1-15(27)25-19(13-16-9-7-6-8-10-16)22(28)21-17-11-12-20(18(17)14-30-5)26(21)23(29)31-24(2,3)4/h6-10,17-22,28H,11-14H2,1-5H3,(H,25,27). The van der Waals surface area contributed by atoms with E-state index in [9.17, 15) is 14.7 Å². The van der Waals surface area contributed by atoms with Gasteiger partial charge in [-0.3, -0.25) is 9.69 Å². The van der Waals surface area contributed by atoms with Crippen LogP contribution in [0.1, 0.15) is 46.1 Å². The zero-order valence-electron chi connectivity index (χ0n) is 19.2.